The molecule has 0 aromatic carbocycles. The monoisotopic (exact) mass is 238 g/mol. The first-order valence-corrected chi connectivity index (χ1v) is 5.67. The Hall–Kier alpha value is -1.46. The molecule has 1 rings (SSSR count). The summed E-state index contributed by atoms with van der Waals surface area (Å²) in [6, 6.07) is 5.78. The summed E-state index contributed by atoms with van der Waals surface area (Å²) in [5, 5.41) is 3.17. The third-order valence-corrected chi connectivity index (χ3v) is 1.98. The topological polar surface area (TPSA) is 60.5 Å². The number of carbonyl (C=O) groups excluding carboxylic acids is 1. The first kappa shape index (κ1) is 13.6. The summed E-state index contributed by atoms with van der Waals surface area (Å²) < 4.78 is 9.85. The van der Waals surface area contributed by atoms with Crippen molar-refractivity contribution in [2.24, 2.45) is 0 Å². The highest BCUT2D eigenvalue weighted by Gasteiger charge is 2.00. The van der Waals surface area contributed by atoms with Crippen LogP contribution < -0.4 is 5.32 Å². The third-order valence-electron chi connectivity index (χ3n) is 1.98. The van der Waals surface area contributed by atoms with Crippen molar-refractivity contribution in [1.29, 1.82) is 0 Å². The van der Waals surface area contributed by atoms with Crippen LogP contribution in [0.1, 0.15) is 12.6 Å². The summed E-state index contributed by atoms with van der Waals surface area (Å²) in [6.45, 7) is 4.02. The number of hydrogen-bond acceptors (Lipinski definition) is 5. The summed E-state index contributed by atoms with van der Waals surface area (Å²) in [4.78, 5) is 15.1. The molecular formula is C12H18N2O3. The maximum Gasteiger partial charge on any atom is 0.332 e. The van der Waals surface area contributed by atoms with Crippen LogP contribution in [-0.2, 0) is 20.8 Å². The van der Waals surface area contributed by atoms with E-state index in [1.807, 2.05) is 18.2 Å². The highest BCUT2D eigenvalue weighted by molar-refractivity contribution is 5.70. The smallest absolute Gasteiger partial charge is 0.332 e. The summed E-state index contributed by atoms with van der Waals surface area (Å²) in [5.41, 5.74) is 0.984. The van der Waals surface area contributed by atoms with Crippen LogP contribution in [0.15, 0.2) is 24.4 Å². The summed E-state index contributed by atoms with van der Waals surface area (Å²) in [5.74, 6) is -0.322. The Morgan fingerprint density at radius 2 is 2.35 bits per heavy atom. The molecule has 5 nitrogen and oxygen atoms in total. The molecule has 0 saturated heterocycles. The van der Waals surface area contributed by atoms with Gasteiger partial charge in [-0.1, -0.05) is 6.07 Å². The standard InChI is InChI=1S/C12H18N2O3/c1-2-17-12(15)10-16-8-7-13-9-11-5-3-4-6-14-11/h3-6,13H,2,7-10H2,1H3. The molecule has 17 heavy (non-hydrogen) atoms. The van der Waals surface area contributed by atoms with Gasteiger partial charge in [0.2, 0.25) is 0 Å². The molecule has 0 saturated carbocycles. The predicted molar refractivity (Wildman–Crippen MR) is 63.4 cm³/mol. The van der Waals surface area contributed by atoms with E-state index in [0.29, 0.717) is 26.3 Å². The second kappa shape index (κ2) is 8.66. The zero-order valence-electron chi connectivity index (χ0n) is 10.0. The number of aromatic nitrogens is 1. The normalized spacial score (nSPS) is 10.2. The minimum absolute atomic E-state index is 0.0130. The molecule has 0 fully saturated rings. The van der Waals surface area contributed by atoms with Gasteiger partial charge in [0.1, 0.15) is 6.61 Å². The lowest BCUT2D eigenvalue weighted by Crippen LogP contribution is -2.22. The van der Waals surface area contributed by atoms with Crippen LogP contribution in [0.5, 0.6) is 0 Å². The quantitative estimate of drug-likeness (QED) is 0.535. The van der Waals surface area contributed by atoms with Crippen molar-refractivity contribution in [2.45, 2.75) is 13.5 Å². The van der Waals surface area contributed by atoms with E-state index in [-0.39, 0.29) is 12.6 Å². The molecule has 5 heteroatoms. The summed E-state index contributed by atoms with van der Waals surface area (Å²) in [7, 11) is 0. The van der Waals surface area contributed by atoms with E-state index in [1.165, 1.54) is 0 Å². The molecule has 0 atom stereocenters. The van der Waals surface area contributed by atoms with Crippen LogP contribution in [0.25, 0.3) is 0 Å². The number of nitrogens with zero attached hydrogens (tertiary/aromatic N) is 1. The predicted octanol–water partition coefficient (Wildman–Crippen LogP) is 0.751. The van der Waals surface area contributed by atoms with Crippen LogP contribution in [0, 0.1) is 0 Å². The maximum absolute atomic E-state index is 10.9. The van der Waals surface area contributed by atoms with Gasteiger partial charge in [0, 0.05) is 19.3 Å². The Morgan fingerprint density at radius 3 is 3.06 bits per heavy atom. The van der Waals surface area contributed by atoms with Crippen LogP contribution >= 0.6 is 0 Å². The van der Waals surface area contributed by atoms with E-state index in [2.05, 4.69) is 10.3 Å². The Labute approximate surface area is 101 Å². The van der Waals surface area contributed by atoms with Crippen LogP contribution in [0.3, 0.4) is 0 Å². The third kappa shape index (κ3) is 6.65. The van der Waals surface area contributed by atoms with E-state index < -0.39 is 0 Å². The summed E-state index contributed by atoms with van der Waals surface area (Å²) >= 11 is 0. The molecule has 0 spiro atoms. The van der Waals surface area contributed by atoms with Gasteiger partial charge in [-0.15, -0.1) is 0 Å². The number of esters is 1. The van der Waals surface area contributed by atoms with E-state index in [0.717, 1.165) is 5.69 Å². The molecule has 0 bridgehead atoms. The van der Waals surface area contributed by atoms with Gasteiger partial charge in [-0.05, 0) is 19.1 Å². The molecule has 0 unspecified atom stereocenters. The fourth-order valence-electron chi connectivity index (χ4n) is 1.22. The fourth-order valence-corrected chi connectivity index (χ4v) is 1.22. The van der Waals surface area contributed by atoms with Gasteiger partial charge in [-0.3, -0.25) is 4.98 Å². The van der Waals surface area contributed by atoms with Crippen molar-refractivity contribution in [2.75, 3.05) is 26.4 Å². The number of carbonyl (C=O) groups is 1. The number of ether oxygens (including phenoxy) is 2. The minimum Gasteiger partial charge on any atom is -0.464 e. The molecule has 0 aliphatic rings. The van der Waals surface area contributed by atoms with Gasteiger partial charge in [-0.25, -0.2) is 4.79 Å². The zero-order chi connectivity index (χ0) is 12.3. The average Bonchev–Trinajstić information content (AvgIpc) is 2.35. The van der Waals surface area contributed by atoms with Gasteiger partial charge in [0.05, 0.1) is 18.9 Å². The van der Waals surface area contributed by atoms with Gasteiger partial charge in [0.15, 0.2) is 0 Å². The van der Waals surface area contributed by atoms with E-state index in [1.54, 1.807) is 13.1 Å². The first-order chi connectivity index (χ1) is 8.33. The van der Waals surface area contributed by atoms with Crippen LogP contribution in [0.4, 0.5) is 0 Å². The summed E-state index contributed by atoms with van der Waals surface area (Å²) in [6.07, 6.45) is 1.76. The van der Waals surface area contributed by atoms with Gasteiger partial charge in [-0.2, -0.15) is 0 Å². The van der Waals surface area contributed by atoms with E-state index in [9.17, 15) is 4.79 Å². The Bertz CT molecular complexity index is 317. The second-order valence-electron chi connectivity index (χ2n) is 3.36. The molecule has 0 amide bonds. The molecule has 1 aromatic rings. The molecule has 1 aromatic heterocycles. The van der Waals surface area contributed by atoms with Crippen molar-refractivity contribution in [3.63, 3.8) is 0 Å². The largest absolute Gasteiger partial charge is 0.464 e. The number of rotatable bonds is 8. The average molecular weight is 238 g/mol. The molecule has 0 radical (unpaired) electrons. The van der Waals surface area contributed by atoms with Crippen LogP contribution in [-0.4, -0.2) is 37.3 Å². The lowest BCUT2D eigenvalue weighted by atomic mass is 10.3. The molecule has 94 valence electrons. The molecular weight excluding hydrogens is 220 g/mol. The van der Waals surface area contributed by atoms with Crippen LogP contribution in [0.2, 0.25) is 0 Å². The van der Waals surface area contributed by atoms with E-state index in [4.69, 9.17) is 9.47 Å². The van der Waals surface area contributed by atoms with E-state index >= 15 is 0 Å². The Morgan fingerprint density at radius 1 is 1.47 bits per heavy atom. The molecule has 0 aliphatic carbocycles. The molecule has 1 heterocycles. The molecule has 1 N–H and O–H groups in total. The van der Waals surface area contributed by atoms with Crippen molar-refractivity contribution in [1.82, 2.24) is 10.3 Å². The van der Waals surface area contributed by atoms with Gasteiger partial charge < -0.3 is 14.8 Å². The van der Waals surface area contributed by atoms with Crippen molar-refractivity contribution in [3.05, 3.63) is 30.1 Å². The number of pyridine rings is 1. The fraction of sp³-hybridized carbons (Fsp3) is 0.500. The SMILES string of the molecule is CCOC(=O)COCCNCc1ccccn1. The number of nitrogens with one attached hydrogen (secondary N) is 1. The van der Waals surface area contributed by atoms with Gasteiger partial charge in [0.25, 0.3) is 0 Å². The highest BCUT2D eigenvalue weighted by Crippen LogP contribution is 1.91. The lowest BCUT2D eigenvalue weighted by molar-refractivity contribution is -0.148. The highest BCUT2D eigenvalue weighted by atomic mass is 16.6. The van der Waals surface area contributed by atoms with Crippen molar-refractivity contribution < 1.29 is 14.3 Å². The van der Waals surface area contributed by atoms with Crippen molar-refractivity contribution >= 4 is 5.97 Å². The van der Waals surface area contributed by atoms with Crippen molar-refractivity contribution in [3.8, 4) is 0 Å². The van der Waals surface area contributed by atoms with Gasteiger partial charge >= 0.3 is 5.97 Å². The Kier molecular flexibility index (Phi) is 6.93. The molecule has 0 aliphatic heterocycles. The lowest BCUT2D eigenvalue weighted by Gasteiger charge is -2.05. The number of hydrogen-bond donors (Lipinski definition) is 1. The Balaban J connectivity index is 1.96. The zero-order valence-corrected chi connectivity index (χ0v) is 10.0. The minimum atomic E-state index is -0.322. The second-order valence-corrected chi connectivity index (χ2v) is 3.36. The maximum atomic E-state index is 10.9. The first-order valence-electron chi connectivity index (χ1n) is 5.67.